The van der Waals surface area contributed by atoms with Crippen molar-refractivity contribution in [3.63, 3.8) is 0 Å². The summed E-state index contributed by atoms with van der Waals surface area (Å²) in [6, 6.07) is 27.9. The van der Waals surface area contributed by atoms with Gasteiger partial charge < -0.3 is 4.74 Å². The number of aromatic nitrogens is 2. The molecule has 4 aromatic rings. The largest absolute Gasteiger partial charge is 0.441 e. The Balaban J connectivity index is 1.30. The second-order valence-corrected chi connectivity index (χ2v) is 9.06. The summed E-state index contributed by atoms with van der Waals surface area (Å²) in [6.07, 6.45) is 2.30. The number of carbonyl (C=O) groups is 1. The number of hydrogen-bond acceptors (Lipinski definition) is 4. The number of nitriles is 1. The molecule has 1 fully saturated rings. The standard InChI is InChI=1S/C28H23ClN4O2/c1-19(20-5-3-2-4-6-20)35-27(34)32-26-25(29)17-31-33(26)24-13-9-22(10-14-24)21-7-11-23(12-8-21)28(18-30)15-16-28/h2-14,17,19H,15-16H2,1H3,(H,32,34)/t19-/m1/s1. The van der Waals surface area contributed by atoms with Gasteiger partial charge in [0.25, 0.3) is 0 Å². The Morgan fingerprint density at radius 3 is 2.29 bits per heavy atom. The predicted molar refractivity (Wildman–Crippen MR) is 135 cm³/mol. The van der Waals surface area contributed by atoms with Gasteiger partial charge in [0.05, 0.1) is 23.4 Å². The lowest BCUT2D eigenvalue weighted by atomic mass is 9.95. The lowest BCUT2D eigenvalue weighted by molar-refractivity contribution is 0.121. The van der Waals surface area contributed by atoms with E-state index in [1.165, 1.54) is 6.20 Å². The third-order valence-electron chi connectivity index (χ3n) is 6.34. The van der Waals surface area contributed by atoms with E-state index < -0.39 is 12.2 Å². The van der Waals surface area contributed by atoms with Crippen molar-refractivity contribution in [3.8, 4) is 22.9 Å². The molecule has 174 valence electrons. The summed E-state index contributed by atoms with van der Waals surface area (Å²) in [5.41, 5.74) is 4.52. The van der Waals surface area contributed by atoms with Crippen LogP contribution in [0, 0.1) is 11.3 Å². The minimum Gasteiger partial charge on any atom is -0.441 e. The smallest absolute Gasteiger partial charge is 0.413 e. The van der Waals surface area contributed by atoms with Crippen LogP contribution in [0.15, 0.2) is 85.1 Å². The number of carbonyl (C=O) groups excluding carboxylic acids is 1. The number of anilines is 1. The maximum Gasteiger partial charge on any atom is 0.413 e. The molecule has 0 radical (unpaired) electrons. The van der Waals surface area contributed by atoms with Crippen molar-refractivity contribution in [1.82, 2.24) is 9.78 Å². The Kier molecular flexibility index (Phi) is 6.02. The molecule has 5 rings (SSSR count). The highest BCUT2D eigenvalue weighted by molar-refractivity contribution is 6.33. The van der Waals surface area contributed by atoms with Gasteiger partial charge in [-0.3, -0.25) is 5.32 Å². The maximum absolute atomic E-state index is 12.5. The predicted octanol–water partition coefficient (Wildman–Crippen LogP) is 7.06. The first-order chi connectivity index (χ1) is 17.0. The summed E-state index contributed by atoms with van der Waals surface area (Å²) in [5.74, 6) is 0.334. The fraction of sp³-hybridized carbons (Fsp3) is 0.179. The molecular formula is C28H23ClN4O2. The first-order valence-electron chi connectivity index (χ1n) is 11.4. The van der Waals surface area contributed by atoms with Gasteiger partial charge in [-0.05, 0) is 54.2 Å². The fourth-order valence-corrected chi connectivity index (χ4v) is 4.25. The minimum absolute atomic E-state index is 0.287. The average molecular weight is 483 g/mol. The summed E-state index contributed by atoms with van der Waals surface area (Å²) in [6.45, 7) is 1.81. The van der Waals surface area contributed by atoms with Gasteiger partial charge in [0.15, 0.2) is 5.82 Å². The number of benzene rings is 3. The van der Waals surface area contributed by atoms with Crippen LogP contribution in [0.1, 0.15) is 37.0 Å². The minimum atomic E-state index is -0.618. The van der Waals surface area contributed by atoms with E-state index in [4.69, 9.17) is 16.3 Å². The van der Waals surface area contributed by atoms with Gasteiger partial charge in [-0.2, -0.15) is 10.4 Å². The summed E-state index contributed by atoms with van der Waals surface area (Å²) < 4.78 is 7.07. The number of nitrogens with one attached hydrogen (secondary N) is 1. The van der Waals surface area contributed by atoms with E-state index in [2.05, 4.69) is 16.5 Å². The van der Waals surface area contributed by atoms with Crippen molar-refractivity contribution in [1.29, 1.82) is 5.26 Å². The van der Waals surface area contributed by atoms with Crippen LogP contribution >= 0.6 is 11.6 Å². The number of ether oxygens (including phenoxy) is 1. The van der Waals surface area contributed by atoms with Crippen LogP contribution < -0.4 is 5.32 Å². The van der Waals surface area contributed by atoms with Gasteiger partial charge in [-0.15, -0.1) is 0 Å². The highest BCUT2D eigenvalue weighted by Crippen LogP contribution is 2.47. The average Bonchev–Trinajstić information content (AvgIpc) is 3.62. The summed E-state index contributed by atoms with van der Waals surface area (Å²) in [4.78, 5) is 12.5. The fourth-order valence-electron chi connectivity index (χ4n) is 4.08. The Hall–Kier alpha value is -4.08. The van der Waals surface area contributed by atoms with E-state index in [0.717, 1.165) is 40.8 Å². The van der Waals surface area contributed by atoms with Gasteiger partial charge in [-0.1, -0.05) is 78.3 Å². The Labute approximate surface area is 208 Å². The number of hydrogen-bond donors (Lipinski definition) is 1. The molecule has 7 heteroatoms. The van der Waals surface area contributed by atoms with Crippen LogP contribution in [0.25, 0.3) is 16.8 Å². The maximum atomic E-state index is 12.5. The highest BCUT2D eigenvalue weighted by atomic mass is 35.5. The summed E-state index contributed by atoms with van der Waals surface area (Å²) in [7, 11) is 0. The molecule has 1 saturated carbocycles. The Morgan fingerprint density at radius 1 is 1.06 bits per heavy atom. The van der Waals surface area contributed by atoms with Crippen molar-refractivity contribution in [2.24, 2.45) is 0 Å². The van der Waals surface area contributed by atoms with E-state index in [1.54, 1.807) is 4.68 Å². The molecule has 0 unspecified atom stereocenters. The van der Waals surface area contributed by atoms with Crippen LogP contribution in [-0.2, 0) is 10.2 Å². The van der Waals surface area contributed by atoms with E-state index >= 15 is 0 Å². The van der Waals surface area contributed by atoms with Gasteiger partial charge in [-0.25, -0.2) is 9.48 Å². The monoisotopic (exact) mass is 482 g/mol. The van der Waals surface area contributed by atoms with E-state index in [-0.39, 0.29) is 5.41 Å². The van der Waals surface area contributed by atoms with Gasteiger partial charge in [0, 0.05) is 0 Å². The van der Waals surface area contributed by atoms with Crippen LogP contribution in [0.4, 0.5) is 10.6 Å². The molecule has 1 aromatic heterocycles. The van der Waals surface area contributed by atoms with E-state index in [1.807, 2.05) is 85.8 Å². The number of amides is 1. The normalized spacial score (nSPS) is 14.5. The number of rotatable bonds is 6. The molecule has 0 saturated heterocycles. The van der Waals surface area contributed by atoms with Crippen molar-refractivity contribution >= 4 is 23.5 Å². The second-order valence-electron chi connectivity index (χ2n) is 8.65. The summed E-state index contributed by atoms with van der Waals surface area (Å²) >= 11 is 6.31. The molecule has 0 bridgehead atoms. The van der Waals surface area contributed by atoms with Gasteiger partial charge >= 0.3 is 6.09 Å². The van der Waals surface area contributed by atoms with Crippen LogP contribution in [-0.4, -0.2) is 15.9 Å². The first kappa shape index (κ1) is 22.7. The molecule has 1 atom stereocenters. The Morgan fingerprint density at radius 2 is 1.69 bits per heavy atom. The topological polar surface area (TPSA) is 79.9 Å². The lowest BCUT2D eigenvalue weighted by Crippen LogP contribution is -2.18. The Bertz CT molecular complexity index is 1390. The van der Waals surface area contributed by atoms with Gasteiger partial charge in [0.2, 0.25) is 0 Å². The molecule has 35 heavy (non-hydrogen) atoms. The van der Waals surface area contributed by atoms with Crippen molar-refractivity contribution in [2.75, 3.05) is 5.32 Å². The molecule has 6 nitrogen and oxygen atoms in total. The number of nitrogens with zero attached hydrogens (tertiary/aromatic N) is 3. The molecule has 1 aliphatic rings. The second kappa shape index (κ2) is 9.28. The molecule has 3 aromatic carbocycles. The highest BCUT2D eigenvalue weighted by Gasteiger charge is 2.44. The van der Waals surface area contributed by atoms with Crippen molar-refractivity contribution in [3.05, 3.63) is 101 Å². The zero-order chi connectivity index (χ0) is 24.4. The third kappa shape index (κ3) is 4.64. The van der Waals surface area contributed by atoms with Crippen LogP contribution in [0.2, 0.25) is 5.02 Å². The first-order valence-corrected chi connectivity index (χ1v) is 11.8. The molecular weight excluding hydrogens is 460 g/mol. The summed E-state index contributed by atoms with van der Waals surface area (Å²) in [5, 5.41) is 16.7. The number of halogens is 1. The van der Waals surface area contributed by atoms with Crippen molar-refractivity contribution < 1.29 is 9.53 Å². The molecule has 1 aliphatic carbocycles. The third-order valence-corrected chi connectivity index (χ3v) is 6.62. The van der Waals surface area contributed by atoms with E-state index in [9.17, 15) is 10.1 Å². The quantitative estimate of drug-likeness (QED) is 0.319. The SMILES string of the molecule is C[C@@H](OC(=O)Nc1c(Cl)cnn1-c1ccc(-c2ccc(C3(C#N)CC3)cc2)cc1)c1ccccc1. The lowest BCUT2D eigenvalue weighted by Gasteiger charge is -2.15. The zero-order valence-electron chi connectivity index (χ0n) is 19.1. The molecule has 1 amide bonds. The van der Waals surface area contributed by atoms with Gasteiger partial charge in [0.1, 0.15) is 11.1 Å². The van der Waals surface area contributed by atoms with Crippen LogP contribution in [0.3, 0.4) is 0 Å². The van der Waals surface area contributed by atoms with Crippen molar-refractivity contribution in [2.45, 2.75) is 31.3 Å². The molecule has 1 N–H and O–H groups in total. The molecule has 0 spiro atoms. The zero-order valence-corrected chi connectivity index (χ0v) is 19.9. The van der Waals surface area contributed by atoms with E-state index in [0.29, 0.717) is 10.8 Å². The molecule has 1 heterocycles. The molecule has 0 aliphatic heterocycles. The van der Waals surface area contributed by atoms with Crippen LogP contribution in [0.5, 0.6) is 0 Å².